The van der Waals surface area contributed by atoms with Gasteiger partial charge in [-0.2, -0.15) is 5.01 Å². The summed E-state index contributed by atoms with van der Waals surface area (Å²) in [6.45, 7) is 5.39. The molecular formula is C23H23ClN6O3S. The number of imide groups is 1. The number of hydrogen-bond donors (Lipinski definition) is 2. The average molecular weight is 499 g/mol. The van der Waals surface area contributed by atoms with E-state index in [4.69, 9.17) is 11.6 Å². The fourth-order valence-corrected chi connectivity index (χ4v) is 4.33. The number of aromatic nitrogens is 3. The molecule has 1 aromatic heterocycles. The Morgan fingerprint density at radius 2 is 1.91 bits per heavy atom. The monoisotopic (exact) mass is 498 g/mol. The number of rotatable bonds is 7. The predicted molar refractivity (Wildman–Crippen MR) is 129 cm³/mol. The van der Waals surface area contributed by atoms with Gasteiger partial charge in [-0.15, -0.1) is 10.2 Å². The molecule has 9 nitrogen and oxygen atoms in total. The van der Waals surface area contributed by atoms with E-state index in [9.17, 15) is 14.4 Å². The maximum Gasteiger partial charge on any atom is 0.344 e. The van der Waals surface area contributed by atoms with Gasteiger partial charge in [0, 0.05) is 16.3 Å². The van der Waals surface area contributed by atoms with Crippen molar-refractivity contribution in [3.8, 4) is 17.1 Å². The van der Waals surface area contributed by atoms with Gasteiger partial charge in [-0.05, 0) is 62.2 Å². The maximum absolute atomic E-state index is 12.6. The first kappa shape index (κ1) is 23.8. The summed E-state index contributed by atoms with van der Waals surface area (Å²) < 4.78 is 1.86. The van der Waals surface area contributed by atoms with Crippen molar-refractivity contribution < 1.29 is 14.4 Å². The van der Waals surface area contributed by atoms with Gasteiger partial charge in [0.2, 0.25) is 5.91 Å². The van der Waals surface area contributed by atoms with E-state index in [2.05, 4.69) is 20.9 Å². The number of nitrogens with one attached hydrogen (secondary N) is 2. The minimum Gasteiger partial charge on any atom is -0.322 e. The van der Waals surface area contributed by atoms with E-state index < -0.39 is 23.4 Å². The molecule has 4 amide bonds. The molecule has 0 spiro atoms. The molecule has 1 aliphatic rings. The van der Waals surface area contributed by atoms with Crippen molar-refractivity contribution in [3.63, 3.8) is 0 Å². The molecule has 0 radical (unpaired) electrons. The molecule has 1 saturated heterocycles. The van der Waals surface area contributed by atoms with Gasteiger partial charge < -0.3 is 5.32 Å². The quantitative estimate of drug-likeness (QED) is 0.379. The Kier molecular flexibility index (Phi) is 6.63. The molecule has 0 aliphatic carbocycles. The molecular weight excluding hydrogens is 476 g/mol. The fourth-order valence-electron chi connectivity index (χ4n) is 3.46. The molecule has 1 aliphatic heterocycles. The van der Waals surface area contributed by atoms with Crippen LogP contribution in [0.2, 0.25) is 5.02 Å². The van der Waals surface area contributed by atoms with Crippen molar-refractivity contribution in [3.05, 3.63) is 59.1 Å². The van der Waals surface area contributed by atoms with Crippen LogP contribution in [-0.4, -0.2) is 48.9 Å². The number of nitrogens with zero attached hydrogens (tertiary/aromatic N) is 4. The summed E-state index contributed by atoms with van der Waals surface area (Å²) in [5.74, 6) is -0.491. The summed E-state index contributed by atoms with van der Waals surface area (Å²) >= 11 is 7.18. The Balaban J connectivity index is 1.56. The van der Waals surface area contributed by atoms with Crippen molar-refractivity contribution in [2.75, 3.05) is 5.75 Å². The second-order valence-electron chi connectivity index (χ2n) is 8.07. The SMILES string of the molecule is CCC1(C)NC(=O)N(NC(=O)CSc2nnc(-c3ccc(Cl)cc3)n2-c2cccc(C)c2)C1=O. The lowest BCUT2D eigenvalue weighted by Gasteiger charge is -2.19. The molecule has 1 unspecified atom stereocenters. The second-order valence-corrected chi connectivity index (χ2v) is 9.45. The molecule has 1 fully saturated rings. The standard InChI is InChI=1S/C23H23ClN6O3S/c1-4-23(3)20(32)30(21(33)25-23)28-18(31)13-34-22-27-26-19(15-8-10-16(24)11-9-15)29(22)17-7-5-6-14(2)12-17/h5-12H,4,13H2,1-3H3,(H,25,33)(H,28,31). The van der Waals surface area contributed by atoms with Gasteiger partial charge in [-0.1, -0.05) is 42.4 Å². The summed E-state index contributed by atoms with van der Waals surface area (Å²) in [5.41, 5.74) is 4.07. The van der Waals surface area contributed by atoms with E-state index in [0.29, 0.717) is 22.4 Å². The highest BCUT2D eigenvalue weighted by Gasteiger charge is 2.47. The van der Waals surface area contributed by atoms with E-state index in [1.54, 1.807) is 26.0 Å². The van der Waals surface area contributed by atoms with Crippen LogP contribution >= 0.6 is 23.4 Å². The summed E-state index contributed by atoms with van der Waals surface area (Å²) in [4.78, 5) is 37.3. The zero-order valence-corrected chi connectivity index (χ0v) is 20.4. The van der Waals surface area contributed by atoms with Crippen molar-refractivity contribution >= 4 is 41.2 Å². The van der Waals surface area contributed by atoms with E-state index in [-0.39, 0.29) is 5.75 Å². The van der Waals surface area contributed by atoms with Crippen molar-refractivity contribution in [1.29, 1.82) is 0 Å². The van der Waals surface area contributed by atoms with Crippen LogP contribution in [0.3, 0.4) is 0 Å². The van der Waals surface area contributed by atoms with Gasteiger partial charge in [-0.3, -0.25) is 19.6 Å². The van der Waals surface area contributed by atoms with Crippen molar-refractivity contribution in [2.45, 2.75) is 37.9 Å². The Labute approximate surface area is 205 Å². The van der Waals surface area contributed by atoms with E-state index in [0.717, 1.165) is 33.6 Å². The minimum atomic E-state index is -1.03. The van der Waals surface area contributed by atoms with E-state index >= 15 is 0 Å². The van der Waals surface area contributed by atoms with Crippen LogP contribution in [0.15, 0.2) is 53.7 Å². The van der Waals surface area contributed by atoms with Crippen LogP contribution in [0, 0.1) is 6.92 Å². The number of halogens is 1. The number of aryl methyl sites for hydroxylation is 1. The predicted octanol–water partition coefficient (Wildman–Crippen LogP) is 3.74. The van der Waals surface area contributed by atoms with Gasteiger partial charge in [0.25, 0.3) is 5.91 Å². The first-order chi connectivity index (χ1) is 16.2. The summed E-state index contributed by atoms with van der Waals surface area (Å²) in [6.07, 6.45) is 0.408. The lowest BCUT2D eigenvalue weighted by atomic mass is 10.00. The first-order valence-electron chi connectivity index (χ1n) is 10.6. The third-order valence-corrected chi connectivity index (χ3v) is 6.71. The number of carbonyl (C=O) groups is 3. The zero-order valence-electron chi connectivity index (χ0n) is 18.8. The summed E-state index contributed by atoms with van der Waals surface area (Å²) in [7, 11) is 0. The molecule has 1 atom stereocenters. The zero-order chi connectivity index (χ0) is 24.5. The number of hydrogen-bond acceptors (Lipinski definition) is 6. The van der Waals surface area contributed by atoms with E-state index in [1.807, 2.05) is 47.9 Å². The number of urea groups is 1. The van der Waals surface area contributed by atoms with Crippen LogP contribution in [0.1, 0.15) is 25.8 Å². The van der Waals surface area contributed by atoms with Crippen LogP contribution in [0.5, 0.6) is 0 Å². The summed E-state index contributed by atoms with van der Waals surface area (Å²) in [5, 5.41) is 13.1. The van der Waals surface area contributed by atoms with Gasteiger partial charge in [-0.25, -0.2) is 4.79 Å². The Morgan fingerprint density at radius 3 is 2.56 bits per heavy atom. The van der Waals surface area contributed by atoms with Gasteiger partial charge in [0.05, 0.1) is 5.75 Å². The lowest BCUT2D eigenvalue weighted by Crippen LogP contribution is -2.49. The minimum absolute atomic E-state index is 0.0789. The lowest BCUT2D eigenvalue weighted by molar-refractivity contribution is -0.137. The number of thioether (sulfide) groups is 1. The van der Waals surface area contributed by atoms with Gasteiger partial charge in [0.15, 0.2) is 11.0 Å². The Morgan fingerprint density at radius 1 is 1.18 bits per heavy atom. The Bertz CT molecular complexity index is 1260. The molecule has 0 bridgehead atoms. The van der Waals surface area contributed by atoms with Gasteiger partial charge in [0.1, 0.15) is 5.54 Å². The second kappa shape index (κ2) is 9.47. The molecule has 2 aromatic carbocycles. The first-order valence-corrected chi connectivity index (χ1v) is 12.0. The maximum atomic E-state index is 12.6. The summed E-state index contributed by atoms with van der Waals surface area (Å²) in [6, 6.07) is 14.4. The molecule has 34 heavy (non-hydrogen) atoms. The largest absolute Gasteiger partial charge is 0.344 e. The molecule has 2 N–H and O–H groups in total. The molecule has 176 valence electrons. The molecule has 11 heteroatoms. The average Bonchev–Trinajstić information content (AvgIpc) is 3.33. The van der Waals surface area contributed by atoms with Crippen LogP contribution in [0.4, 0.5) is 4.79 Å². The van der Waals surface area contributed by atoms with E-state index in [1.165, 1.54) is 0 Å². The van der Waals surface area contributed by atoms with Crippen LogP contribution in [0.25, 0.3) is 17.1 Å². The third-order valence-electron chi connectivity index (χ3n) is 5.53. The van der Waals surface area contributed by atoms with Gasteiger partial charge >= 0.3 is 6.03 Å². The van der Waals surface area contributed by atoms with Crippen LogP contribution < -0.4 is 10.7 Å². The van der Waals surface area contributed by atoms with Crippen molar-refractivity contribution in [2.24, 2.45) is 0 Å². The fraction of sp³-hybridized carbons (Fsp3) is 0.261. The number of hydrazine groups is 1. The smallest absolute Gasteiger partial charge is 0.322 e. The highest BCUT2D eigenvalue weighted by atomic mass is 35.5. The Hall–Kier alpha value is -3.37. The number of carbonyl (C=O) groups excluding carboxylic acids is 3. The molecule has 2 heterocycles. The normalized spacial score (nSPS) is 17.7. The molecule has 3 aromatic rings. The van der Waals surface area contributed by atoms with Crippen molar-refractivity contribution in [1.82, 2.24) is 30.5 Å². The van der Waals surface area contributed by atoms with Crippen LogP contribution in [-0.2, 0) is 9.59 Å². The molecule has 0 saturated carbocycles. The topological polar surface area (TPSA) is 109 Å². The number of amides is 4. The highest BCUT2D eigenvalue weighted by molar-refractivity contribution is 7.99. The third kappa shape index (κ3) is 4.64. The highest BCUT2D eigenvalue weighted by Crippen LogP contribution is 2.29. The molecule has 4 rings (SSSR count). The number of benzene rings is 2.